The third-order valence-corrected chi connectivity index (χ3v) is 3.05. The van der Waals surface area contributed by atoms with Crippen molar-refractivity contribution in [3.63, 3.8) is 0 Å². The van der Waals surface area contributed by atoms with Gasteiger partial charge in [0.25, 0.3) is 5.91 Å². The van der Waals surface area contributed by atoms with Gasteiger partial charge in [0.2, 0.25) is 5.91 Å². The molecule has 0 spiro atoms. The number of likely N-dealkylation sites (N-methyl/N-ethyl adjacent to an activating group) is 1. The van der Waals surface area contributed by atoms with Crippen LogP contribution in [0.25, 0.3) is 0 Å². The molecule has 0 radical (unpaired) electrons. The molecular weight excluding hydrogens is 234 g/mol. The van der Waals surface area contributed by atoms with Crippen molar-refractivity contribution in [1.82, 2.24) is 15.3 Å². The highest BCUT2D eigenvalue weighted by Crippen LogP contribution is 2.11. The van der Waals surface area contributed by atoms with Crippen LogP contribution in [-0.2, 0) is 9.59 Å². The van der Waals surface area contributed by atoms with E-state index in [9.17, 15) is 14.8 Å². The number of hydroxylamine groups is 2. The molecule has 0 aliphatic carbocycles. The number of hydrogen-bond donors (Lipinski definition) is 2. The summed E-state index contributed by atoms with van der Waals surface area (Å²) in [5.74, 6) is -0.653. The van der Waals surface area contributed by atoms with Gasteiger partial charge in [-0.2, -0.15) is 0 Å². The van der Waals surface area contributed by atoms with Crippen molar-refractivity contribution >= 4 is 11.8 Å². The molecule has 0 aromatic rings. The van der Waals surface area contributed by atoms with E-state index < -0.39 is 11.9 Å². The Labute approximate surface area is 107 Å². The molecule has 1 heterocycles. The quantitative estimate of drug-likeness (QED) is 0.535. The zero-order chi connectivity index (χ0) is 13.7. The number of amides is 2. The first-order valence-electron chi connectivity index (χ1n) is 6.05. The monoisotopic (exact) mass is 255 g/mol. The molecule has 1 aliphatic rings. The molecule has 6 heteroatoms. The van der Waals surface area contributed by atoms with Gasteiger partial charge in [0.1, 0.15) is 6.04 Å². The third-order valence-electron chi connectivity index (χ3n) is 3.05. The van der Waals surface area contributed by atoms with E-state index in [-0.39, 0.29) is 11.9 Å². The fraction of sp³-hybridized carbons (Fsp3) is 0.667. The van der Waals surface area contributed by atoms with Gasteiger partial charge in [-0.25, -0.2) is 5.06 Å². The van der Waals surface area contributed by atoms with E-state index in [1.165, 1.54) is 0 Å². The van der Waals surface area contributed by atoms with E-state index in [0.29, 0.717) is 30.9 Å². The molecule has 0 saturated carbocycles. The summed E-state index contributed by atoms with van der Waals surface area (Å²) in [6.07, 6.45) is 3.44. The van der Waals surface area contributed by atoms with Gasteiger partial charge in [-0.1, -0.05) is 6.08 Å². The predicted octanol–water partition coefficient (Wildman–Crippen LogP) is -0.0109. The minimum atomic E-state index is -0.622. The van der Waals surface area contributed by atoms with E-state index in [1.807, 2.05) is 0 Å². The highest BCUT2D eigenvalue weighted by Gasteiger charge is 2.31. The second-order valence-electron chi connectivity index (χ2n) is 4.67. The Balaban J connectivity index is 2.62. The number of piperidine rings is 1. The molecule has 1 aliphatic heterocycles. The first kappa shape index (κ1) is 14.7. The molecule has 2 atom stereocenters. The molecule has 1 fully saturated rings. The first-order valence-corrected chi connectivity index (χ1v) is 6.05. The average Bonchev–Trinajstić information content (AvgIpc) is 2.31. The standard InChI is InChI=1S/C12H21N3O3/c1-4-6-10(14(2)3)11(16)13-9-7-5-8-15(18)12(9)17/h4,9-10,18H,1,5-8H2,2-3H3,(H,13,16). The molecule has 2 N–H and O–H groups in total. The number of rotatable bonds is 5. The molecule has 2 amide bonds. The summed E-state index contributed by atoms with van der Waals surface area (Å²) in [6, 6.07) is -0.965. The molecular formula is C12H21N3O3. The Kier molecular flexibility index (Phi) is 5.30. The van der Waals surface area contributed by atoms with Crippen molar-refractivity contribution in [1.29, 1.82) is 0 Å². The smallest absolute Gasteiger partial charge is 0.268 e. The first-order chi connectivity index (χ1) is 8.47. The topological polar surface area (TPSA) is 72.9 Å². The van der Waals surface area contributed by atoms with Gasteiger partial charge in [-0.3, -0.25) is 19.7 Å². The van der Waals surface area contributed by atoms with E-state index >= 15 is 0 Å². The third kappa shape index (κ3) is 3.54. The van der Waals surface area contributed by atoms with Crippen LogP contribution in [0, 0.1) is 0 Å². The highest BCUT2D eigenvalue weighted by molar-refractivity contribution is 5.89. The Morgan fingerprint density at radius 3 is 2.94 bits per heavy atom. The Hall–Kier alpha value is -1.40. The van der Waals surface area contributed by atoms with Crippen LogP contribution in [0.1, 0.15) is 19.3 Å². The van der Waals surface area contributed by atoms with Crippen LogP contribution in [0.15, 0.2) is 12.7 Å². The summed E-state index contributed by atoms with van der Waals surface area (Å²) in [5.41, 5.74) is 0. The van der Waals surface area contributed by atoms with Crippen LogP contribution < -0.4 is 5.32 Å². The fourth-order valence-corrected chi connectivity index (χ4v) is 1.97. The molecule has 18 heavy (non-hydrogen) atoms. The zero-order valence-corrected chi connectivity index (χ0v) is 10.9. The van der Waals surface area contributed by atoms with E-state index in [1.54, 1.807) is 25.1 Å². The normalized spacial score (nSPS) is 21.9. The van der Waals surface area contributed by atoms with Crippen molar-refractivity contribution in [2.24, 2.45) is 0 Å². The van der Waals surface area contributed by atoms with Crippen LogP contribution in [0.3, 0.4) is 0 Å². The number of hydrogen-bond acceptors (Lipinski definition) is 4. The summed E-state index contributed by atoms with van der Waals surface area (Å²) < 4.78 is 0. The van der Waals surface area contributed by atoms with Gasteiger partial charge in [-0.15, -0.1) is 6.58 Å². The molecule has 1 saturated heterocycles. The minimum Gasteiger partial charge on any atom is -0.343 e. The van der Waals surface area contributed by atoms with Crippen LogP contribution in [0.2, 0.25) is 0 Å². The van der Waals surface area contributed by atoms with Crippen molar-refractivity contribution in [2.75, 3.05) is 20.6 Å². The maximum absolute atomic E-state index is 12.0. The van der Waals surface area contributed by atoms with Crippen LogP contribution in [0.5, 0.6) is 0 Å². The largest absolute Gasteiger partial charge is 0.343 e. The lowest BCUT2D eigenvalue weighted by Gasteiger charge is -2.30. The van der Waals surface area contributed by atoms with Crippen molar-refractivity contribution in [3.05, 3.63) is 12.7 Å². The van der Waals surface area contributed by atoms with Crippen molar-refractivity contribution in [2.45, 2.75) is 31.3 Å². The molecule has 102 valence electrons. The Morgan fingerprint density at radius 1 is 1.72 bits per heavy atom. The van der Waals surface area contributed by atoms with Gasteiger partial charge in [-0.05, 0) is 33.4 Å². The van der Waals surface area contributed by atoms with Gasteiger partial charge < -0.3 is 5.32 Å². The van der Waals surface area contributed by atoms with Crippen molar-refractivity contribution in [3.8, 4) is 0 Å². The van der Waals surface area contributed by atoms with Crippen LogP contribution >= 0.6 is 0 Å². The summed E-state index contributed by atoms with van der Waals surface area (Å²) >= 11 is 0. The van der Waals surface area contributed by atoms with E-state index in [4.69, 9.17) is 0 Å². The maximum atomic E-state index is 12.0. The van der Waals surface area contributed by atoms with Gasteiger partial charge in [0, 0.05) is 6.54 Å². The number of carbonyl (C=O) groups is 2. The Bertz CT molecular complexity index is 331. The molecule has 6 nitrogen and oxygen atoms in total. The lowest BCUT2D eigenvalue weighted by atomic mass is 10.1. The Morgan fingerprint density at radius 2 is 2.39 bits per heavy atom. The van der Waals surface area contributed by atoms with Crippen molar-refractivity contribution < 1.29 is 14.8 Å². The highest BCUT2D eigenvalue weighted by atomic mass is 16.5. The molecule has 0 bridgehead atoms. The number of nitrogens with one attached hydrogen (secondary N) is 1. The molecule has 0 aromatic heterocycles. The van der Waals surface area contributed by atoms with Gasteiger partial charge >= 0.3 is 0 Å². The van der Waals surface area contributed by atoms with Crippen LogP contribution in [-0.4, -0.2) is 59.7 Å². The summed E-state index contributed by atoms with van der Waals surface area (Å²) in [4.78, 5) is 25.5. The maximum Gasteiger partial charge on any atom is 0.268 e. The average molecular weight is 255 g/mol. The zero-order valence-electron chi connectivity index (χ0n) is 10.9. The molecule has 1 rings (SSSR count). The molecule has 0 aromatic carbocycles. The van der Waals surface area contributed by atoms with E-state index in [0.717, 1.165) is 0 Å². The van der Waals surface area contributed by atoms with Gasteiger partial charge in [0.05, 0.1) is 6.04 Å². The number of nitrogens with zero attached hydrogens (tertiary/aromatic N) is 2. The lowest BCUT2D eigenvalue weighted by Crippen LogP contribution is -2.54. The second kappa shape index (κ2) is 6.51. The van der Waals surface area contributed by atoms with Gasteiger partial charge in [0.15, 0.2) is 0 Å². The second-order valence-corrected chi connectivity index (χ2v) is 4.67. The lowest BCUT2D eigenvalue weighted by molar-refractivity contribution is -0.173. The fourth-order valence-electron chi connectivity index (χ4n) is 1.97. The van der Waals surface area contributed by atoms with E-state index in [2.05, 4.69) is 11.9 Å². The summed E-state index contributed by atoms with van der Waals surface area (Å²) in [6.45, 7) is 3.95. The predicted molar refractivity (Wildman–Crippen MR) is 67.0 cm³/mol. The SMILES string of the molecule is C=CCC(C(=O)NC1CCCN(O)C1=O)N(C)C. The minimum absolute atomic E-state index is 0.214. The summed E-state index contributed by atoms with van der Waals surface area (Å²) in [5, 5.41) is 12.7. The summed E-state index contributed by atoms with van der Waals surface area (Å²) in [7, 11) is 3.60. The van der Waals surface area contributed by atoms with Crippen LogP contribution in [0.4, 0.5) is 0 Å². The number of carbonyl (C=O) groups excluding carboxylic acids is 2. The molecule has 2 unspecified atom stereocenters.